The van der Waals surface area contributed by atoms with E-state index in [1.54, 1.807) is 13.8 Å². The molecule has 0 fully saturated rings. The van der Waals surface area contributed by atoms with Crippen molar-refractivity contribution in [3.63, 3.8) is 0 Å². The van der Waals surface area contributed by atoms with Crippen LogP contribution in [0.5, 0.6) is 11.5 Å². The van der Waals surface area contributed by atoms with Crippen LogP contribution in [0.25, 0.3) is 0 Å². The topological polar surface area (TPSA) is 146 Å². The second-order valence-electron chi connectivity index (χ2n) is 5.49. The monoisotopic (exact) mass is 402 g/mol. The number of hydrazone groups is 1. The summed E-state index contributed by atoms with van der Waals surface area (Å²) >= 11 is 0. The molecule has 11 nitrogen and oxygen atoms in total. The number of amides is 1. The Labute approximate surface area is 165 Å². The Morgan fingerprint density at radius 1 is 1.07 bits per heavy atom. The summed E-state index contributed by atoms with van der Waals surface area (Å²) in [7, 11) is 0. The first-order valence-corrected chi connectivity index (χ1v) is 8.53. The maximum absolute atomic E-state index is 12.1. The summed E-state index contributed by atoms with van der Waals surface area (Å²) in [5.74, 6) is -0.389. The van der Waals surface area contributed by atoms with E-state index in [2.05, 4.69) is 10.5 Å². The minimum absolute atomic E-state index is 0.0198. The third-order valence-corrected chi connectivity index (χ3v) is 3.56. The minimum atomic E-state index is -0.597. The smallest absolute Gasteiger partial charge is 0.315 e. The predicted molar refractivity (Wildman–Crippen MR) is 104 cm³/mol. The number of rotatable bonds is 9. The van der Waals surface area contributed by atoms with Crippen LogP contribution in [-0.2, 0) is 0 Å². The van der Waals surface area contributed by atoms with Crippen molar-refractivity contribution in [3.8, 4) is 11.5 Å². The Kier molecular flexibility index (Phi) is 7.18. The van der Waals surface area contributed by atoms with Gasteiger partial charge in [0.2, 0.25) is 5.75 Å². The highest BCUT2D eigenvalue weighted by molar-refractivity contribution is 5.95. The number of hydrogen-bond donors (Lipinski definition) is 1. The molecule has 29 heavy (non-hydrogen) atoms. The fourth-order valence-corrected chi connectivity index (χ4v) is 2.34. The highest BCUT2D eigenvalue weighted by Gasteiger charge is 2.22. The fourth-order valence-electron chi connectivity index (χ4n) is 2.34. The Hall–Kier alpha value is -4.02. The van der Waals surface area contributed by atoms with Gasteiger partial charge >= 0.3 is 5.69 Å². The predicted octanol–water partition coefficient (Wildman–Crippen LogP) is 3.06. The molecule has 1 N–H and O–H groups in total. The number of carbonyl (C=O) groups is 1. The zero-order valence-electron chi connectivity index (χ0n) is 15.7. The van der Waals surface area contributed by atoms with Gasteiger partial charge in [0.15, 0.2) is 5.75 Å². The molecular formula is C18H18N4O7. The molecule has 0 aliphatic heterocycles. The van der Waals surface area contributed by atoms with Crippen molar-refractivity contribution < 1.29 is 24.1 Å². The summed E-state index contributed by atoms with van der Waals surface area (Å²) in [4.78, 5) is 32.9. The summed E-state index contributed by atoms with van der Waals surface area (Å²) in [6.07, 6.45) is 1.22. The van der Waals surface area contributed by atoms with Crippen molar-refractivity contribution in [2.24, 2.45) is 5.10 Å². The molecule has 0 atom stereocenters. The van der Waals surface area contributed by atoms with Crippen molar-refractivity contribution in [1.82, 2.24) is 5.43 Å². The van der Waals surface area contributed by atoms with E-state index in [-0.39, 0.29) is 41.7 Å². The first-order chi connectivity index (χ1) is 13.9. The van der Waals surface area contributed by atoms with Crippen molar-refractivity contribution in [1.29, 1.82) is 0 Å². The molecule has 0 saturated carbocycles. The summed E-state index contributed by atoms with van der Waals surface area (Å²) < 4.78 is 10.7. The van der Waals surface area contributed by atoms with Crippen molar-refractivity contribution >= 4 is 23.5 Å². The van der Waals surface area contributed by atoms with Crippen LogP contribution >= 0.6 is 0 Å². The maximum atomic E-state index is 12.1. The number of benzene rings is 2. The van der Waals surface area contributed by atoms with Crippen molar-refractivity contribution in [3.05, 3.63) is 67.8 Å². The van der Waals surface area contributed by atoms with Crippen molar-refractivity contribution in [2.45, 2.75) is 13.8 Å². The molecule has 0 radical (unpaired) electrons. The molecular weight excluding hydrogens is 384 g/mol. The Bertz CT molecular complexity index is 942. The van der Waals surface area contributed by atoms with Gasteiger partial charge in [-0.15, -0.1) is 0 Å². The Morgan fingerprint density at radius 3 is 2.28 bits per heavy atom. The Balaban J connectivity index is 2.21. The number of nitrogens with zero attached hydrogens (tertiary/aromatic N) is 3. The largest absolute Gasteiger partial charge is 0.490 e. The molecule has 0 spiro atoms. The maximum Gasteiger partial charge on any atom is 0.315 e. The second kappa shape index (κ2) is 9.78. The fraction of sp³-hybridized carbons (Fsp3) is 0.222. The molecule has 0 bridgehead atoms. The van der Waals surface area contributed by atoms with Crippen LogP contribution in [0.4, 0.5) is 11.4 Å². The zero-order valence-corrected chi connectivity index (χ0v) is 15.7. The SMILES string of the molecule is CCOc1cc(/C=N/NC(=O)c2ccc([N+](=O)[O-])cc2)cc([N+](=O)[O-])c1OCC. The summed E-state index contributed by atoms with van der Waals surface area (Å²) in [6.45, 7) is 3.92. The van der Waals surface area contributed by atoms with Gasteiger partial charge in [0.25, 0.3) is 11.6 Å². The number of non-ortho nitro benzene ring substituents is 1. The number of hydrogen-bond acceptors (Lipinski definition) is 8. The summed E-state index contributed by atoms with van der Waals surface area (Å²) in [6, 6.07) is 7.72. The molecule has 2 aromatic carbocycles. The lowest BCUT2D eigenvalue weighted by atomic mass is 10.2. The van der Waals surface area contributed by atoms with Crippen LogP contribution in [0.2, 0.25) is 0 Å². The van der Waals surface area contributed by atoms with Gasteiger partial charge in [0.05, 0.1) is 29.3 Å². The number of nitro benzene ring substituents is 2. The van der Waals surface area contributed by atoms with Gasteiger partial charge in [-0.2, -0.15) is 5.10 Å². The van der Waals surface area contributed by atoms with Gasteiger partial charge in [-0.1, -0.05) is 0 Å². The van der Waals surface area contributed by atoms with Crippen LogP contribution in [0.3, 0.4) is 0 Å². The molecule has 0 aromatic heterocycles. The summed E-state index contributed by atoms with van der Waals surface area (Å²) in [5, 5.41) is 25.8. The van der Waals surface area contributed by atoms with E-state index < -0.39 is 15.8 Å². The van der Waals surface area contributed by atoms with Crippen LogP contribution in [0.15, 0.2) is 41.5 Å². The molecule has 1 amide bonds. The molecule has 11 heteroatoms. The number of ether oxygens (including phenoxy) is 2. The molecule has 0 aliphatic carbocycles. The van der Waals surface area contributed by atoms with Gasteiger partial charge in [0.1, 0.15) is 0 Å². The minimum Gasteiger partial charge on any atom is -0.490 e. The highest BCUT2D eigenvalue weighted by Crippen LogP contribution is 2.38. The van der Waals surface area contributed by atoms with Crippen LogP contribution in [-0.4, -0.2) is 35.2 Å². The van der Waals surface area contributed by atoms with E-state index in [1.807, 2.05) is 0 Å². The van der Waals surface area contributed by atoms with Gasteiger partial charge in [-0.3, -0.25) is 25.0 Å². The standard InChI is InChI=1S/C18H18N4O7/c1-3-28-16-10-12(9-15(22(26)27)17(16)29-4-2)11-19-20-18(23)13-5-7-14(8-6-13)21(24)25/h5-11H,3-4H2,1-2H3,(H,20,23)/b19-11+. The average Bonchev–Trinajstić information content (AvgIpc) is 2.69. The van der Waals surface area contributed by atoms with Gasteiger partial charge in [-0.05, 0) is 32.0 Å². The quantitative estimate of drug-likeness (QED) is 0.385. The van der Waals surface area contributed by atoms with Gasteiger partial charge < -0.3 is 9.47 Å². The van der Waals surface area contributed by atoms with Crippen molar-refractivity contribution in [2.75, 3.05) is 13.2 Å². The van der Waals surface area contributed by atoms with E-state index in [1.165, 1.54) is 42.6 Å². The highest BCUT2D eigenvalue weighted by atomic mass is 16.6. The molecule has 0 saturated heterocycles. The van der Waals surface area contributed by atoms with E-state index in [0.717, 1.165) is 0 Å². The average molecular weight is 402 g/mol. The first-order valence-electron chi connectivity index (χ1n) is 8.53. The van der Waals surface area contributed by atoms with Crippen LogP contribution in [0.1, 0.15) is 29.8 Å². The van der Waals surface area contributed by atoms with Gasteiger partial charge in [0, 0.05) is 29.3 Å². The van der Waals surface area contributed by atoms with Gasteiger partial charge in [-0.25, -0.2) is 5.43 Å². The molecule has 0 unspecified atom stereocenters. The zero-order chi connectivity index (χ0) is 21.4. The number of nitrogens with one attached hydrogen (secondary N) is 1. The number of nitro groups is 2. The third kappa shape index (κ3) is 5.48. The summed E-state index contributed by atoms with van der Waals surface area (Å²) in [5.41, 5.74) is 2.30. The van der Waals surface area contributed by atoms with E-state index >= 15 is 0 Å². The molecule has 152 valence electrons. The van der Waals surface area contributed by atoms with E-state index in [4.69, 9.17) is 9.47 Å². The van der Waals surface area contributed by atoms with E-state index in [0.29, 0.717) is 5.56 Å². The molecule has 2 rings (SSSR count). The Morgan fingerprint density at radius 2 is 1.72 bits per heavy atom. The van der Waals surface area contributed by atoms with Crippen LogP contribution in [0, 0.1) is 20.2 Å². The molecule has 0 aliphatic rings. The van der Waals surface area contributed by atoms with E-state index in [9.17, 15) is 25.0 Å². The number of carbonyl (C=O) groups excluding carboxylic acids is 1. The lowest BCUT2D eigenvalue weighted by Gasteiger charge is -2.11. The lowest BCUT2D eigenvalue weighted by Crippen LogP contribution is -2.17. The van der Waals surface area contributed by atoms with Crippen LogP contribution < -0.4 is 14.9 Å². The first kappa shape index (κ1) is 21.3. The third-order valence-electron chi connectivity index (χ3n) is 3.56. The molecule has 2 aromatic rings. The lowest BCUT2D eigenvalue weighted by molar-refractivity contribution is -0.386. The second-order valence-corrected chi connectivity index (χ2v) is 5.49. The molecule has 0 heterocycles. The normalized spacial score (nSPS) is 10.6.